The summed E-state index contributed by atoms with van der Waals surface area (Å²) in [5, 5.41) is 4.88. The molecule has 0 aliphatic heterocycles. The number of amides is 1. The third kappa shape index (κ3) is 4.00. The molecule has 0 aromatic carbocycles. The third-order valence-corrected chi connectivity index (χ3v) is 3.10. The van der Waals surface area contributed by atoms with Gasteiger partial charge in [0.1, 0.15) is 6.54 Å². The van der Waals surface area contributed by atoms with E-state index in [4.69, 9.17) is 0 Å². The number of nitrogens with one attached hydrogen (secondary N) is 2. The Labute approximate surface area is 92.8 Å². The number of alkyl halides is 3. The van der Waals surface area contributed by atoms with Gasteiger partial charge in [-0.05, 0) is 25.7 Å². The molecule has 16 heavy (non-hydrogen) atoms. The van der Waals surface area contributed by atoms with E-state index in [0.717, 1.165) is 25.7 Å². The van der Waals surface area contributed by atoms with E-state index >= 15 is 0 Å². The van der Waals surface area contributed by atoms with Gasteiger partial charge in [-0.3, -0.25) is 4.79 Å². The Kier molecular flexibility index (Phi) is 4.18. The first kappa shape index (κ1) is 13.3. The molecule has 0 aromatic heterocycles. The molecule has 1 aliphatic carbocycles. The van der Waals surface area contributed by atoms with Gasteiger partial charge in [0.2, 0.25) is 5.91 Å². The average molecular weight is 238 g/mol. The summed E-state index contributed by atoms with van der Waals surface area (Å²) < 4.78 is 35.4. The predicted molar refractivity (Wildman–Crippen MR) is 53.9 cm³/mol. The van der Waals surface area contributed by atoms with Crippen molar-refractivity contribution in [2.24, 2.45) is 0 Å². The summed E-state index contributed by atoms with van der Waals surface area (Å²) in [6, 6.07) is 0. The summed E-state index contributed by atoms with van der Waals surface area (Å²) in [4.78, 5) is 11.1. The maximum absolute atomic E-state index is 11.8. The summed E-state index contributed by atoms with van der Waals surface area (Å²) in [6.45, 7) is 0.719. The van der Waals surface area contributed by atoms with E-state index in [1.165, 1.54) is 0 Å². The van der Waals surface area contributed by atoms with Crippen molar-refractivity contribution in [3.63, 3.8) is 0 Å². The zero-order chi connectivity index (χ0) is 12.2. The number of rotatable bonds is 5. The van der Waals surface area contributed by atoms with Crippen LogP contribution in [0, 0.1) is 0 Å². The van der Waals surface area contributed by atoms with E-state index in [2.05, 4.69) is 5.32 Å². The largest absolute Gasteiger partial charge is 0.405 e. The van der Waals surface area contributed by atoms with E-state index < -0.39 is 18.6 Å². The van der Waals surface area contributed by atoms with E-state index in [1.54, 1.807) is 0 Å². The number of carbonyl (C=O) groups is 1. The highest BCUT2D eigenvalue weighted by Crippen LogP contribution is 2.34. The Balaban J connectivity index is 2.20. The normalized spacial score (nSPS) is 19.0. The van der Waals surface area contributed by atoms with Crippen LogP contribution < -0.4 is 10.6 Å². The van der Waals surface area contributed by atoms with Gasteiger partial charge in [0.25, 0.3) is 0 Å². The maximum atomic E-state index is 11.8. The summed E-state index contributed by atoms with van der Waals surface area (Å²) >= 11 is 0. The van der Waals surface area contributed by atoms with Crippen molar-refractivity contribution < 1.29 is 18.0 Å². The van der Waals surface area contributed by atoms with E-state index in [9.17, 15) is 18.0 Å². The van der Waals surface area contributed by atoms with Gasteiger partial charge < -0.3 is 10.6 Å². The fourth-order valence-corrected chi connectivity index (χ4v) is 1.79. The van der Waals surface area contributed by atoms with Crippen LogP contribution in [-0.4, -0.2) is 30.7 Å². The Morgan fingerprint density at radius 3 is 2.38 bits per heavy atom. The smallest absolute Gasteiger partial charge is 0.346 e. The van der Waals surface area contributed by atoms with Crippen LogP contribution in [0.2, 0.25) is 0 Å². The first-order valence-electron chi connectivity index (χ1n) is 5.45. The molecule has 1 rings (SSSR count). The molecule has 0 heterocycles. The van der Waals surface area contributed by atoms with Gasteiger partial charge in [-0.15, -0.1) is 0 Å². The molecule has 0 saturated heterocycles. The van der Waals surface area contributed by atoms with Crippen molar-refractivity contribution in [1.82, 2.24) is 10.6 Å². The second-order valence-corrected chi connectivity index (χ2v) is 4.23. The fourth-order valence-electron chi connectivity index (χ4n) is 1.79. The minimum absolute atomic E-state index is 0.0183. The topological polar surface area (TPSA) is 41.1 Å². The second kappa shape index (κ2) is 5.03. The van der Waals surface area contributed by atoms with Crippen LogP contribution in [0.1, 0.15) is 32.6 Å². The molecule has 1 amide bonds. The van der Waals surface area contributed by atoms with Gasteiger partial charge in [0.05, 0.1) is 6.54 Å². The minimum Gasteiger partial charge on any atom is -0.346 e. The Morgan fingerprint density at radius 1 is 1.38 bits per heavy atom. The molecule has 1 aliphatic rings. The first-order chi connectivity index (χ1) is 7.37. The molecule has 0 atom stereocenters. The zero-order valence-corrected chi connectivity index (χ0v) is 9.28. The summed E-state index contributed by atoms with van der Waals surface area (Å²) in [7, 11) is 0. The molecule has 0 unspecified atom stereocenters. The molecule has 2 N–H and O–H groups in total. The standard InChI is InChI=1S/C10H17F3N2O/c1-2-9(4-3-5-9)15-6-8(16)14-7-10(11,12)13/h15H,2-7H2,1H3,(H,14,16). The van der Waals surface area contributed by atoms with Crippen LogP contribution in [0.25, 0.3) is 0 Å². The maximum Gasteiger partial charge on any atom is 0.405 e. The van der Waals surface area contributed by atoms with Crippen LogP contribution in [0.15, 0.2) is 0 Å². The van der Waals surface area contributed by atoms with E-state index in [-0.39, 0.29) is 12.1 Å². The van der Waals surface area contributed by atoms with Crippen LogP contribution in [-0.2, 0) is 4.79 Å². The van der Waals surface area contributed by atoms with Gasteiger partial charge in [0.15, 0.2) is 0 Å². The highest BCUT2D eigenvalue weighted by Gasteiger charge is 2.35. The highest BCUT2D eigenvalue weighted by atomic mass is 19.4. The quantitative estimate of drug-likeness (QED) is 0.763. The lowest BCUT2D eigenvalue weighted by molar-refractivity contribution is -0.138. The SMILES string of the molecule is CCC1(NCC(=O)NCC(F)(F)F)CCC1. The lowest BCUT2D eigenvalue weighted by Crippen LogP contribution is -2.53. The minimum atomic E-state index is -4.34. The number of hydrogen-bond acceptors (Lipinski definition) is 2. The lowest BCUT2D eigenvalue weighted by atomic mass is 9.75. The molecular formula is C10H17F3N2O. The zero-order valence-electron chi connectivity index (χ0n) is 9.28. The van der Waals surface area contributed by atoms with Crippen molar-refractivity contribution >= 4 is 5.91 Å². The van der Waals surface area contributed by atoms with Crippen molar-refractivity contribution in [3.05, 3.63) is 0 Å². The summed E-state index contributed by atoms with van der Waals surface area (Å²) in [6.07, 6.45) is -0.328. The molecular weight excluding hydrogens is 221 g/mol. The molecule has 0 bridgehead atoms. The van der Waals surface area contributed by atoms with Crippen molar-refractivity contribution in [3.8, 4) is 0 Å². The third-order valence-electron chi connectivity index (χ3n) is 3.10. The Hall–Kier alpha value is -0.780. The molecule has 0 radical (unpaired) electrons. The first-order valence-corrected chi connectivity index (χ1v) is 5.45. The second-order valence-electron chi connectivity index (χ2n) is 4.23. The van der Waals surface area contributed by atoms with Gasteiger partial charge in [-0.2, -0.15) is 13.2 Å². The van der Waals surface area contributed by atoms with Crippen molar-refractivity contribution in [2.75, 3.05) is 13.1 Å². The fraction of sp³-hybridized carbons (Fsp3) is 0.900. The number of hydrogen-bond donors (Lipinski definition) is 2. The molecule has 94 valence electrons. The number of halogens is 3. The summed E-state index contributed by atoms with van der Waals surface area (Å²) in [5.41, 5.74) is -0.0183. The molecule has 1 fully saturated rings. The van der Waals surface area contributed by atoms with Crippen LogP contribution >= 0.6 is 0 Å². The van der Waals surface area contributed by atoms with Crippen molar-refractivity contribution in [1.29, 1.82) is 0 Å². The molecule has 6 heteroatoms. The van der Waals surface area contributed by atoms with Crippen LogP contribution in [0.3, 0.4) is 0 Å². The van der Waals surface area contributed by atoms with Crippen molar-refractivity contribution in [2.45, 2.75) is 44.3 Å². The molecule has 0 aromatic rings. The van der Waals surface area contributed by atoms with Gasteiger partial charge in [0, 0.05) is 5.54 Å². The highest BCUT2D eigenvalue weighted by molar-refractivity contribution is 5.78. The number of carbonyl (C=O) groups excluding carboxylic acids is 1. The lowest BCUT2D eigenvalue weighted by Gasteiger charge is -2.42. The van der Waals surface area contributed by atoms with E-state index in [1.807, 2.05) is 12.2 Å². The van der Waals surface area contributed by atoms with Gasteiger partial charge in [-0.25, -0.2) is 0 Å². The Morgan fingerprint density at radius 2 is 2.00 bits per heavy atom. The molecule has 1 saturated carbocycles. The van der Waals surface area contributed by atoms with E-state index in [0.29, 0.717) is 0 Å². The Bertz CT molecular complexity index is 243. The van der Waals surface area contributed by atoms with Gasteiger partial charge in [-0.1, -0.05) is 6.92 Å². The average Bonchev–Trinajstić information content (AvgIpc) is 2.13. The predicted octanol–water partition coefficient (Wildman–Crippen LogP) is 1.59. The summed E-state index contributed by atoms with van der Waals surface area (Å²) in [5.74, 6) is -0.600. The van der Waals surface area contributed by atoms with Gasteiger partial charge >= 0.3 is 6.18 Å². The molecule has 0 spiro atoms. The van der Waals surface area contributed by atoms with Crippen LogP contribution in [0.5, 0.6) is 0 Å². The molecule has 3 nitrogen and oxygen atoms in total. The monoisotopic (exact) mass is 238 g/mol. The van der Waals surface area contributed by atoms with Crippen LogP contribution in [0.4, 0.5) is 13.2 Å².